The van der Waals surface area contributed by atoms with Crippen LogP contribution in [0.2, 0.25) is 0 Å². The molecule has 108 valence electrons. The standard InChI is InChI=1S/C15H18FNO3/c1-20-10-11-7-8-17(9-11)15-12(5-6-14(18)19)3-2-4-13(15)16/h2-6,11H,7-10H2,1H3,(H,18,19)/b6-5+. The van der Waals surface area contributed by atoms with E-state index in [1.807, 2.05) is 4.90 Å². The zero-order valence-electron chi connectivity index (χ0n) is 11.4. The summed E-state index contributed by atoms with van der Waals surface area (Å²) in [6, 6.07) is 4.71. The van der Waals surface area contributed by atoms with Crippen LogP contribution >= 0.6 is 0 Å². The maximum Gasteiger partial charge on any atom is 0.328 e. The highest BCUT2D eigenvalue weighted by molar-refractivity contribution is 5.87. The van der Waals surface area contributed by atoms with Gasteiger partial charge in [-0.1, -0.05) is 12.1 Å². The van der Waals surface area contributed by atoms with Crippen molar-refractivity contribution in [2.75, 3.05) is 31.7 Å². The normalized spacial score (nSPS) is 18.9. The zero-order valence-corrected chi connectivity index (χ0v) is 11.4. The van der Waals surface area contributed by atoms with Crippen molar-refractivity contribution in [3.05, 3.63) is 35.7 Å². The number of carboxylic acid groups (broad SMARTS) is 1. The first kappa shape index (κ1) is 14.5. The average Bonchev–Trinajstić information content (AvgIpc) is 2.85. The van der Waals surface area contributed by atoms with Crippen LogP contribution in [-0.4, -0.2) is 37.9 Å². The Hall–Kier alpha value is -1.88. The third kappa shape index (κ3) is 3.36. The molecule has 4 nitrogen and oxygen atoms in total. The molecule has 0 radical (unpaired) electrons. The number of rotatable bonds is 5. The van der Waals surface area contributed by atoms with E-state index in [1.54, 1.807) is 19.2 Å². The van der Waals surface area contributed by atoms with Gasteiger partial charge in [0.15, 0.2) is 0 Å². The Morgan fingerprint density at radius 1 is 1.60 bits per heavy atom. The Balaban J connectivity index is 2.24. The molecule has 0 amide bonds. The molecule has 0 bridgehead atoms. The quantitative estimate of drug-likeness (QED) is 0.841. The molecule has 20 heavy (non-hydrogen) atoms. The third-order valence-corrected chi connectivity index (χ3v) is 3.43. The number of carbonyl (C=O) groups is 1. The summed E-state index contributed by atoms with van der Waals surface area (Å²) in [6.45, 7) is 2.14. The van der Waals surface area contributed by atoms with Crippen LogP contribution in [0.5, 0.6) is 0 Å². The number of hydrogen-bond donors (Lipinski definition) is 1. The topological polar surface area (TPSA) is 49.8 Å². The van der Waals surface area contributed by atoms with Crippen molar-refractivity contribution in [1.82, 2.24) is 0 Å². The Bertz CT molecular complexity index is 516. The largest absolute Gasteiger partial charge is 0.478 e. The molecule has 1 saturated heterocycles. The molecule has 0 saturated carbocycles. The van der Waals surface area contributed by atoms with E-state index < -0.39 is 5.97 Å². The molecular formula is C15H18FNO3. The number of methoxy groups -OCH3 is 1. The van der Waals surface area contributed by atoms with Gasteiger partial charge in [-0.05, 0) is 18.6 Å². The molecule has 1 unspecified atom stereocenters. The molecule has 0 aromatic heterocycles. The number of anilines is 1. The predicted octanol–water partition coefficient (Wildman–Crippen LogP) is 2.40. The van der Waals surface area contributed by atoms with Crippen LogP contribution < -0.4 is 4.90 Å². The van der Waals surface area contributed by atoms with Crippen LogP contribution in [0.15, 0.2) is 24.3 Å². The summed E-state index contributed by atoms with van der Waals surface area (Å²) >= 11 is 0. The van der Waals surface area contributed by atoms with Gasteiger partial charge in [-0.2, -0.15) is 0 Å². The van der Waals surface area contributed by atoms with Crippen molar-refractivity contribution in [3.8, 4) is 0 Å². The lowest BCUT2D eigenvalue weighted by atomic mass is 10.1. The Labute approximate surface area is 117 Å². The molecule has 1 atom stereocenters. The number of ether oxygens (including phenoxy) is 1. The van der Waals surface area contributed by atoms with E-state index >= 15 is 0 Å². The molecule has 1 aliphatic heterocycles. The van der Waals surface area contributed by atoms with E-state index in [-0.39, 0.29) is 5.82 Å². The Morgan fingerprint density at radius 2 is 2.40 bits per heavy atom. The minimum absolute atomic E-state index is 0.324. The van der Waals surface area contributed by atoms with Crippen molar-refractivity contribution >= 4 is 17.7 Å². The first-order chi connectivity index (χ1) is 9.61. The van der Waals surface area contributed by atoms with E-state index in [0.717, 1.165) is 25.6 Å². The van der Waals surface area contributed by atoms with Gasteiger partial charge < -0.3 is 14.7 Å². The maximum absolute atomic E-state index is 14.1. The number of para-hydroxylation sites is 1. The Morgan fingerprint density at radius 3 is 3.10 bits per heavy atom. The molecule has 1 heterocycles. The van der Waals surface area contributed by atoms with Gasteiger partial charge >= 0.3 is 5.97 Å². The average molecular weight is 279 g/mol. The van der Waals surface area contributed by atoms with E-state index in [4.69, 9.17) is 9.84 Å². The van der Waals surface area contributed by atoms with Crippen LogP contribution in [0, 0.1) is 11.7 Å². The molecule has 0 spiro atoms. The van der Waals surface area contributed by atoms with Crippen LogP contribution in [-0.2, 0) is 9.53 Å². The summed E-state index contributed by atoms with van der Waals surface area (Å²) in [5.41, 5.74) is 1.06. The van der Waals surface area contributed by atoms with E-state index in [9.17, 15) is 9.18 Å². The molecule has 5 heteroatoms. The fraction of sp³-hybridized carbons (Fsp3) is 0.400. The van der Waals surface area contributed by atoms with Crippen LogP contribution in [0.1, 0.15) is 12.0 Å². The summed E-state index contributed by atoms with van der Waals surface area (Å²) in [4.78, 5) is 12.6. The second-order valence-corrected chi connectivity index (χ2v) is 4.91. The van der Waals surface area contributed by atoms with Gasteiger partial charge in [0.2, 0.25) is 0 Å². The maximum atomic E-state index is 14.1. The van der Waals surface area contributed by atoms with E-state index in [0.29, 0.717) is 23.8 Å². The third-order valence-electron chi connectivity index (χ3n) is 3.43. The van der Waals surface area contributed by atoms with E-state index in [1.165, 1.54) is 12.1 Å². The smallest absolute Gasteiger partial charge is 0.328 e. The predicted molar refractivity (Wildman–Crippen MR) is 75.3 cm³/mol. The number of carboxylic acids is 1. The van der Waals surface area contributed by atoms with Gasteiger partial charge in [0.05, 0.1) is 12.3 Å². The number of benzene rings is 1. The molecule has 1 aliphatic rings. The minimum atomic E-state index is -1.04. The second-order valence-electron chi connectivity index (χ2n) is 4.91. The van der Waals surface area contributed by atoms with Gasteiger partial charge in [0.1, 0.15) is 5.82 Å². The van der Waals surface area contributed by atoms with Crippen molar-refractivity contribution in [1.29, 1.82) is 0 Å². The molecule has 0 aliphatic carbocycles. The SMILES string of the molecule is COCC1CCN(c2c(F)cccc2/C=C/C(=O)O)C1. The highest BCUT2D eigenvalue weighted by Gasteiger charge is 2.25. The van der Waals surface area contributed by atoms with Gasteiger partial charge in [0.25, 0.3) is 0 Å². The fourth-order valence-electron chi connectivity index (χ4n) is 2.57. The summed E-state index contributed by atoms with van der Waals surface area (Å²) < 4.78 is 19.2. The van der Waals surface area contributed by atoms with Gasteiger partial charge in [-0.25, -0.2) is 9.18 Å². The summed E-state index contributed by atoms with van der Waals surface area (Å²) in [6.07, 6.45) is 3.41. The van der Waals surface area contributed by atoms with Crippen molar-refractivity contribution in [3.63, 3.8) is 0 Å². The molecule has 2 rings (SSSR count). The van der Waals surface area contributed by atoms with Crippen molar-refractivity contribution in [2.45, 2.75) is 6.42 Å². The second kappa shape index (κ2) is 6.52. The Kier molecular flexibility index (Phi) is 4.74. The molecule has 1 fully saturated rings. The lowest BCUT2D eigenvalue weighted by molar-refractivity contribution is -0.131. The molecular weight excluding hydrogens is 261 g/mol. The summed E-state index contributed by atoms with van der Waals surface area (Å²) in [7, 11) is 1.66. The first-order valence-corrected chi connectivity index (χ1v) is 6.55. The fourth-order valence-corrected chi connectivity index (χ4v) is 2.57. The number of aliphatic carboxylic acids is 1. The highest BCUT2D eigenvalue weighted by atomic mass is 19.1. The number of hydrogen-bond acceptors (Lipinski definition) is 3. The highest BCUT2D eigenvalue weighted by Crippen LogP contribution is 2.30. The minimum Gasteiger partial charge on any atom is -0.478 e. The summed E-state index contributed by atoms with van der Waals surface area (Å²) in [5, 5.41) is 8.70. The van der Waals surface area contributed by atoms with Gasteiger partial charge in [-0.3, -0.25) is 0 Å². The van der Waals surface area contributed by atoms with Gasteiger partial charge in [-0.15, -0.1) is 0 Å². The molecule has 1 aromatic carbocycles. The van der Waals surface area contributed by atoms with Crippen molar-refractivity contribution < 1.29 is 19.0 Å². The molecule has 1 aromatic rings. The lowest BCUT2D eigenvalue weighted by Gasteiger charge is -2.21. The number of nitrogens with zero attached hydrogens (tertiary/aromatic N) is 1. The number of halogens is 1. The van der Waals surface area contributed by atoms with Gasteiger partial charge in [0, 0.05) is 37.8 Å². The first-order valence-electron chi connectivity index (χ1n) is 6.55. The lowest BCUT2D eigenvalue weighted by Crippen LogP contribution is -2.23. The summed E-state index contributed by atoms with van der Waals surface area (Å²) in [5.74, 6) is -0.981. The monoisotopic (exact) mass is 279 g/mol. The van der Waals surface area contributed by atoms with Crippen LogP contribution in [0.4, 0.5) is 10.1 Å². The van der Waals surface area contributed by atoms with E-state index in [2.05, 4.69) is 0 Å². The van der Waals surface area contributed by atoms with Crippen molar-refractivity contribution in [2.24, 2.45) is 5.92 Å². The van der Waals surface area contributed by atoms with Crippen LogP contribution in [0.25, 0.3) is 6.08 Å². The molecule has 1 N–H and O–H groups in total. The zero-order chi connectivity index (χ0) is 14.5. The van der Waals surface area contributed by atoms with Crippen LogP contribution in [0.3, 0.4) is 0 Å².